The summed E-state index contributed by atoms with van der Waals surface area (Å²) < 4.78 is 2.02. The summed E-state index contributed by atoms with van der Waals surface area (Å²) in [6, 6.07) is 3.82. The van der Waals surface area contributed by atoms with Crippen LogP contribution in [0.3, 0.4) is 0 Å². The van der Waals surface area contributed by atoms with E-state index >= 15 is 0 Å². The Bertz CT molecular complexity index is 629. The Morgan fingerprint density at radius 1 is 1.17 bits per heavy atom. The van der Waals surface area contributed by atoms with E-state index in [1.54, 1.807) is 12.4 Å². The van der Waals surface area contributed by atoms with Crippen molar-refractivity contribution in [2.24, 2.45) is 0 Å². The van der Waals surface area contributed by atoms with Crippen molar-refractivity contribution in [3.8, 4) is 11.4 Å². The molecule has 7 heteroatoms. The molecule has 130 valence electrons. The van der Waals surface area contributed by atoms with Gasteiger partial charge in [-0.1, -0.05) is 37.9 Å². The summed E-state index contributed by atoms with van der Waals surface area (Å²) in [7, 11) is 0. The molecule has 0 saturated carbocycles. The first-order valence-electron chi connectivity index (χ1n) is 8.49. The number of nitrogens with one attached hydrogen (secondary N) is 1. The van der Waals surface area contributed by atoms with Crippen LogP contribution in [-0.4, -0.2) is 38.0 Å². The molecule has 0 atom stereocenters. The van der Waals surface area contributed by atoms with Gasteiger partial charge >= 0.3 is 0 Å². The second kappa shape index (κ2) is 10.1. The van der Waals surface area contributed by atoms with Crippen LogP contribution in [0, 0.1) is 0 Å². The summed E-state index contributed by atoms with van der Waals surface area (Å²) in [6.07, 6.45) is 8.12. The van der Waals surface area contributed by atoms with Gasteiger partial charge in [0.05, 0.1) is 5.75 Å². The van der Waals surface area contributed by atoms with Crippen LogP contribution in [0.5, 0.6) is 0 Å². The Labute approximate surface area is 147 Å². The van der Waals surface area contributed by atoms with Crippen molar-refractivity contribution in [3.05, 3.63) is 24.5 Å². The lowest BCUT2D eigenvalue weighted by atomic mass is 10.2. The summed E-state index contributed by atoms with van der Waals surface area (Å²) in [5.41, 5.74) is 0.978. The summed E-state index contributed by atoms with van der Waals surface area (Å²) in [4.78, 5) is 16.0. The summed E-state index contributed by atoms with van der Waals surface area (Å²) in [5.74, 6) is 1.22. The number of amides is 1. The Kier molecular flexibility index (Phi) is 7.74. The number of aromatic nitrogens is 4. The zero-order chi connectivity index (χ0) is 17.2. The van der Waals surface area contributed by atoms with Gasteiger partial charge in [0.25, 0.3) is 0 Å². The Hall–Kier alpha value is -1.89. The largest absolute Gasteiger partial charge is 0.355 e. The molecular weight excluding hydrogens is 322 g/mol. The topological polar surface area (TPSA) is 72.7 Å². The molecule has 2 aromatic heterocycles. The minimum absolute atomic E-state index is 0.0487. The van der Waals surface area contributed by atoms with Crippen LogP contribution in [0.2, 0.25) is 0 Å². The smallest absolute Gasteiger partial charge is 0.230 e. The highest BCUT2D eigenvalue weighted by Gasteiger charge is 2.14. The highest BCUT2D eigenvalue weighted by molar-refractivity contribution is 7.99. The summed E-state index contributed by atoms with van der Waals surface area (Å²) in [6.45, 7) is 5.74. The predicted octanol–water partition coefficient (Wildman–Crippen LogP) is 3.15. The van der Waals surface area contributed by atoms with Crippen LogP contribution < -0.4 is 5.32 Å². The van der Waals surface area contributed by atoms with Gasteiger partial charge in [-0.2, -0.15) is 0 Å². The van der Waals surface area contributed by atoms with Crippen LogP contribution in [-0.2, 0) is 11.3 Å². The number of thioether (sulfide) groups is 1. The molecule has 0 unspecified atom stereocenters. The van der Waals surface area contributed by atoms with Crippen molar-refractivity contribution >= 4 is 17.7 Å². The van der Waals surface area contributed by atoms with Crippen LogP contribution in [0.25, 0.3) is 11.4 Å². The number of carbonyl (C=O) groups is 1. The fraction of sp³-hybridized carbons (Fsp3) is 0.529. The maximum Gasteiger partial charge on any atom is 0.230 e. The highest BCUT2D eigenvalue weighted by Crippen LogP contribution is 2.23. The van der Waals surface area contributed by atoms with Gasteiger partial charge in [-0.25, -0.2) is 0 Å². The van der Waals surface area contributed by atoms with Crippen molar-refractivity contribution < 1.29 is 4.79 Å². The van der Waals surface area contributed by atoms with Crippen molar-refractivity contribution in [1.29, 1.82) is 0 Å². The van der Waals surface area contributed by atoms with Gasteiger partial charge in [0, 0.05) is 31.0 Å². The second-order valence-corrected chi connectivity index (χ2v) is 6.43. The van der Waals surface area contributed by atoms with Crippen LogP contribution >= 0.6 is 11.8 Å². The lowest BCUT2D eigenvalue weighted by Crippen LogP contribution is -2.26. The van der Waals surface area contributed by atoms with E-state index < -0.39 is 0 Å². The third-order valence-corrected chi connectivity index (χ3v) is 4.62. The lowest BCUT2D eigenvalue weighted by molar-refractivity contribution is -0.118. The van der Waals surface area contributed by atoms with Gasteiger partial charge in [-0.05, 0) is 25.5 Å². The third-order valence-electron chi connectivity index (χ3n) is 3.66. The molecule has 0 aromatic carbocycles. The van der Waals surface area contributed by atoms with Gasteiger partial charge in [0.15, 0.2) is 11.0 Å². The van der Waals surface area contributed by atoms with E-state index in [4.69, 9.17) is 0 Å². The van der Waals surface area contributed by atoms with E-state index in [1.807, 2.05) is 23.6 Å². The van der Waals surface area contributed by atoms with E-state index in [2.05, 4.69) is 27.4 Å². The van der Waals surface area contributed by atoms with Crippen molar-refractivity contribution in [1.82, 2.24) is 25.1 Å². The number of hydrogen-bond donors (Lipinski definition) is 1. The van der Waals surface area contributed by atoms with E-state index in [0.29, 0.717) is 5.75 Å². The van der Waals surface area contributed by atoms with Crippen LogP contribution in [0.4, 0.5) is 0 Å². The van der Waals surface area contributed by atoms with Gasteiger partial charge < -0.3 is 9.88 Å². The van der Waals surface area contributed by atoms with Crippen molar-refractivity contribution in [3.63, 3.8) is 0 Å². The monoisotopic (exact) mass is 347 g/mol. The Balaban J connectivity index is 1.87. The molecule has 2 aromatic rings. The third kappa shape index (κ3) is 5.33. The molecule has 0 spiro atoms. The van der Waals surface area contributed by atoms with Crippen LogP contribution in [0.15, 0.2) is 29.7 Å². The van der Waals surface area contributed by atoms with E-state index in [9.17, 15) is 4.79 Å². The SMILES string of the molecule is CCCCCCNC(=O)CSc1nnc(-c2ccncc2)n1CC. The molecule has 2 rings (SSSR count). The number of nitrogens with zero attached hydrogens (tertiary/aromatic N) is 4. The van der Waals surface area contributed by atoms with E-state index in [0.717, 1.165) is 36.1 Å². The molecule has 0 aliphatic carbocycles. The maximum atomic E-state index is 11.9. The Morgan fingerprint density at radius 3 is 2.67 bits per heavy atom. The number of rotatable bonds is 10. The van der Waals surface area contributed by atoms with Crippen LogP contribution in [0.1, 0.15) is 39.5 Å². The lowest BCUT2D eigenvalue weighted by Gasteiger charge is -2.07. The highest BCUT2D eigenvalue weighted by atomic mass is 32.2. The quantitative estimate of drug-likeness (QED) is 0.528. The van der Waals surface area contributed by atoms with Crippen molar-refractivity contribution in [2.45, 2.75) is 51.2 Å². The molecule has 0 aliphatic rings. The van der Waals surface area contributed by atoms with Crippen molar-refractivity contribution in [2.75, 3.05) is 12.3 Å². The number of unbranched alkanes of at least 4 members (excludes halogenated alkanes) is 3. The molecule has 0 aliphatic heterocycles. The minimum atomic E-state index is 0.0487. The zero-order valence-corrected chi connectivity index (χ0v) is 15.2. The molecule has 0 fully saturated rings. The summed E-state index contributed by atoms with van der Waals surface area (Å²) >= 11 is 1.43. The fourth-order valence-corrected chi connectivity index (χ4v) is 3.19. The molecule has 2 heterocycles. The standard InChI is InChI=1S/C17H25N5OS/c1-3-5-6-7-10-19-15(23)13-24-17-21-20-16(22(17)4-2)14-8-11-18-12-9-14/h8-9,11-12H,3-7,10,13H2,1-2H3,(H,19,23). The van der Waals surface area contributed by atoms with Gasteiger partial charge in [0.1, 0.15) is 0 Å². The molecule has 24 heavy (non-hydrogen) atoms. The number of pyridine rings is 1. The van der Waals surface area contributed by atoms with Gasteiger partial charge in [0.2, 0.25) is 5.91 Å². The first kappa shape index (κ1) is 18.4. The molecule has 6 nitrogen and oxygen atoms in total. The minimum Gasteiger partial charge on any atom is -0.355 e. The first-order chi connectivity index (χ1) is 11.8. The first-order valence-corrected chi connectivity index (χ1v) is 9.47. The van der Waals surface area contributed by atoms with Gasteiger partial charge in [-0.3, -0.25) is 9.78 Å². The molecule has 0 bridgehead atoms. The van der Waals surface area contributed by atoms with E-state index in [-0.39, 0.29) is 5.91 Å². The number of carbonyl (C=O) groups excluding carboxylic acids is 1. The normalized spacial score (nSPS) is 10.8. The summed E-state index contributed by atoms with van der Waals surface area (Å²) in [5, 5.41) is 12.2. The molecule has 1 amide bonds. The second-order valence-electron chi connectivity index (χ2n) is 5.49. The number of hydrogen-bond acceptors (Lipinski definition) is 5. The predicted molar refractivity (Wildman–Crippen MR) is 96.8 cm³/mol. The van der Waals surface area contributed by atoms with Gasteiger partial charge in [-0.15, -0.1) is 10.2 Å². The fourth-order valence-electron chi connectivity index (χ4n) is 2.36. The molecule has 0 saturated heterocycles. The maximum absolute atomic E-state index is 11.9. The zero-order valence-electron chi connectivity index (χ0n) is 14.4. The molecule has 0 radical (unpaired) electrons. The average Bonchev–Trinajstić information content (AvgIpc) is 3.03. The Morgan fingerprint density at radius 2 is 1.96 bits per heavy atom. The molecule has 1 N–H and O–H groups in total. The molecular formula is C17H25N5OS. The van der Waals surface area contributed by atoms with E-state index in [1.165, 1.54) is 31.0 Å². The average molecular weight is 347 g/mol.